The fraction of sp³-hybridized carbons (Fsp3) is 0.176. The van der Waals surface area contributed by atoms with Crippen molar-refractivity contribution in [2.24, 2.45) is 5.14 Å². The lowest BCUT2D eigenvalue weighted by Crippen LogP contribution is -2.14. The number of sulfonamides is 1. The molecule has 1 heterocycles. The van der Waals surface area contributed by atoms with Gasteiger partial charge in [0, 0.05) is 37.1 Å². The van der Waals surface area contributed by atoms with E-state index in [0.29, 0.717) is 0 Å². The molecule has 1 unspecified atom stereocenters. The van der Waals surface area contributed by atoms with Crippen molar-refractivity contribution < 1.29 is 13.2 Å². The van der Waals surface area contributed by atoms with E-state index >= 15 is 0 Å². The molecular weight excluding hydrogens is 326 g/mol. The SMILES string of the molecule is CN(C)c1ccc(C2=CNC(c3ccc(S(N)(=O)=O)cc3)O2)cc1. The molecule has 0 saturated heterocycles. The molecule has 0 fully saturated rings. The van der Waals surface area contributed by atoms with Crippen molar-refractivity contribution in [3.8, 4) is 0 Å². The van der Waals surface area contributed by atoms with E-state index < -0.39 is 10.0 Å². The zero-order valence-corrected chi connectivity index (χ0v) is 14.2. The van der Waals surface area contributed by atoms with Crippen LogP contribution in [0.2, 0.25) is 0 Å². The molecule has 3 N–H and O–H groups in total. The Kier molecular flexibility index (Phi) is 4.21. The van der Waals surface area contributed by atoms with Crippen LogP contribution in [0.1, 0.15) is 17.4 Å². The van der Waals surface area contributed by atoms with E-state index in [1.54, 1.807) is 12.1 Å². The van der Waals surface area contributed by atoms with Crippen molar-refractivity contribution in [1.29, 1.82) is 0 Å². The number of anilines is 1. The van der Waals surface area contributed by atoms with Gasteiger partial charge in [-0.1, -0.05) is 12.1 Å². The third-order valence-electron chi connectivity index (χ3n) is 3.79. The van der Waals surface area contributed by atoms with Gasteiger partial charge in [-0.15, -0.1) is 0 Å². The number of benzene rings is 2. The highest BCUT2D eigenvalue weighted by molar-refractivity contribution is 7.89. The van der Waals surface area contributed by atoms with E-state index in [4.69, 9.17) is 9.88 Å². The average molecular weight is 345 g/mol. The molecule has 0 radical (unpaired) electrons. The topological polar surface area (TPSA) is 84.7 Å². The Morgan fingerprint density at radius 2 is 1.67 bits per heavy atom. The van der Waals surface area contributed by atoms with Crippen molar-refractivity contribution in [2.45, 2.75) is 11.1 Å². The molecule has 6 nitrogen and oxygen atoms in total. The van der Waals surface area contributed by atoms with Crippen LogP contribution < -0.4 is 15.4 Å². The first-order chi connectivity index (χ1) is 11.3. The number of nitrogens with zero attached hydrogens (tertiary/aromatic N) is 1. The van der Waals surface area contributed by atoms with Gasteiger partial charge in [-0.3, -0.25) is 0 Å². The molecule has 3 rings (SSSR count). The van der Waals surface area contributed by atoms with Gasteiger partial charge in [-0.05, 0) is 36.4 Å². The summed E-state index contributed by atoms with van der Waals surface area (Å²) in [5.74, 6) is 0.737. The molecule has 0 bridgehead atoms. The lowest BCUT2D eigenvalue weighted by Gasteiger charge is -2.15. The molecule has 7 heteroatoms. The van der Waals surface area contributed by atoms with E-state index in [1.807, 2.05) is 49.5 Å². The molecule has 24 heavy (non-hydrogen) atoms. The predicted molar refractivity (Wildman–Crippen MR) is 93.5 cm³/mol. The van der Waals surface area contributed by atoms with Crippen LogP contribution in [0, 0.1) is 0 Å². The van der Waals surface area contributed by atoms with Crippen LogP contribution in [-0.4, -0.2) is 22.5 Å². The average Bonchev–Trinajstić information content (AvgIpc) is 3.04. The summed E-state index contributed by atoms with van der Waals surface area (Å²) in [5.41, 5.74) is 2.90. The van der Waals surface area contributed by atoms with E-state index in [9.17, 15) is 8.42 Å². The number of primary sulfonamides is 1. The molecule has 0 aliphatic carbocycles. The Bertz CT molecular complexity index is 857. The first-order valence-electron chi connectivity index (χ1n) is 7.38. The summed E-state index contributed by atoms with van der Waals surface area (Å²) in [6.07, 6.45) is 1.45. The van der Waals surface area contributed by atoms with Gasteiger partial charge in [0.25, 0.3) is 0 Å². The summed E-state index contributed by atoms with van der Waals surface area (Å²) >= 11 is 0. The minimum absolute atomic E-state index is 0.0803. The molecule has 126 valence electrons. The van der Waals surface area contributed by atoms with Gasteiger partial charge < -0.3 is 15.0 Å². The van der Waals surface area contributed by atoms with Crippen molar-refractivity contribution in [1.82, 2.24) is 5.32 Å². The van der Waals surface area contributed by atoms with Gasteiger partial charge in [-0.25, -0.2) is 13.6 Å². The molecule has 1 aliphatic rings. The van der Waals surface area contributed by atoms with Gasteiger partial charge in [0.1, 0.15) is 5.76 Å². The highest BCUT2D eigenvalue weighted by Crippen LogP contribution is 2.30. The number of rotatable bonds is 4. The zero-order valence-electron chi connectivity index (χ0n) is 13.4. The first-order valence-corrected chi connectivity index (χ1v) is 8.92. The summed E-state index contributed by atoms with van der Waals surface area (Å²) in [5, 5.41) is 8.25. The van der Waals surface area contributed by atoms with Gasteiger partial charge in [0.05, 0.1) is 4.90 Å². The van der Waals surface area contributed by atoms with Gasteiger partial charge in [-0.2, -0.15) is 0 Å². The second kappa shape index (κ2) is 6.18. The van der Waals surface area contributed by atoms with Crippen molar-refractivity contribution in [3.63, 3.8) is 0 Å². The molecule has 0 aromatic heterocycles. The Labute approximate surface area is 141 Å². The van der Waals surface area contributed by atoms with Gasteiger partial charge in [0.2, 0.25) is 10.0 Å². The quantitative estimate of drug-likeness (QED) is 0.885. The van der Waals surface area contributed by atoms with Gasteiger partial charge in [0.15, 0.2) is 6.23 Å². The van der Waals surface area contributed by atoms with Crippen LogP contribution in [0.3, 0.4) is 0 Å². The van der Waals surface area contributed by atoms with Crippen LogP contribution in [0.4, 0.5) is 5.69 Å². The number of hydrogen-bond donors (Lipinski definition) is 2. The van der Waals surface area contributed by atoms with Crippen LogP contribution in [0.5, 0.6) is 0 Å². The fourth-order valence-electron chi connectivity index (χ4n) is 2.42. The fourth-order valence-corrected chi connectivity index (χ4v) is 2.93. The third kappa shape index (κ3) is 3.37. The normalized spacial score (nSPS) is 17.0. The summed E-state index contributed by atoms with van der Waals surface area (Å²) < 4.78 is 28.5. The minimum Gasteiger partial charge on any atom is -0.464 e. The van der Waals surface area contributed by atoms with Crippen molar-refractivity contribution >= 4 is 21.5 Å². The monoisotopic (exact) mass is 345 g/mol. The molecule has 0 spiro atoms. The molecular formula is C17H19N3O3S. The van der Waals surface area contributed by atoms with Crippen molar-refractivity contribution in [2.75, 3.05) is 19.0 Å². The standard InChI is InChI=1S/C17H19N3O3S/c1-20(2)14-7-3-12(4-8-14)16-11-19-17(23-16)13-5-9-15(10-6-13)24(18,21)22/h3-11,17,19H,1-2H3,(H2,18,21,22). The molecule has 2 aromatic carbocycles. The number of nitrogens with two attached hydrogens (primary N) is 1. The second-order valence-electron chi connectivity index (χ2n) is 5.73. The Morgan fingerprint density at radius 1 is 1.04 bits per heavy atom. The number of nitrogens with one attached hydrogen (secondary N) is 1. The Morgan fingerprint density at radius 3 is 2.21 bits per heavy atom. The predicted octanol–water partition coefficient (Wildman–Crippen LogP) is 2.02. The third-order valence-corrected chi connectivity index (χ3v) is 4.72. The van der Waals surface area contributed by atoms with Crippen molar-refractivity contribution in [3.05, 3.63) is 65.9 Å². The zero-order chi connectivity index (χ0) is 17.3. The molecule has 2 aromatic rings. The minimum atomic E-state index is -3.69. The molecule has 0 saturated carbocycles. The molecule has 1 atom stereocenters. The summed E-state index contributed by atoms with van der Waals surface area (Å²) in [4.78, 5) is 2.11. The molecule has 1 aliphatic heterocycles. The molecule has 0 amide bonds. The number of ether oxygens (including phenoxy) is 1. The van der Waals surface area contributed by atoms with E-state index in [0.717, 1.165) is 22.6 Å². The summed E-state index contributed by atoms with van der Waals surface area (Å²) in [6, 6.07) is 14.3. The lowest BCUT2D eigenvalue weighted by atomic mass is 10.1. The van der Waals surface area contributed by atoms with Gasteiger partial charge >= 0.3 is 0 Å². The highest BCUT2D eigenvalue weighted by atomic mass is 32.2. The van der Waals surface area contributed by atoms with Crippen LogP contribution in [0.15, 0.2) is 59.6 Å². The van der Waals surface area contributed by atoms with Crippen LogP contribution in [0.25, 0.3) is 5.76 Å². The van der Waals surface area contributed by atoms with Crippen LogP contribution >= 0.6 is 0 Å². The Balaban J connectivity index is 1.72. The lowest BCUT2D eigenvalue weighted by molar-refractivity contribution is 0.174. The van der Waals surface area contributed by atoms with Crippen LogP contribution in [-0.2, 0) is 14.8 Å². The second-order valence-corrected chi connectivity index (χ2v) is 7.29. The van der Waals surface area contributed by atoms with E-state index in [2.05, 4.69) is 5.32 Å². The maximum Gasteiger partial charge on any atom is 0.238 e. The highest BCUT2D eigenvalue weighted by Gasteiger charge is 2.21. The summed E-state index contributed by atoms with van der Waals surface area (Å²) in [7, 11) is 0.292. The first kappa shape index (κ1) is 16.4. The Hall–Kier alpha value is -2.51. The maximum atomic E-state index is 11.3. The summed E-state index contributed by atoms with van der Waals surface area (Å²) in [6.45, 7) is 0. The van der Waals surface area contributed by atoms with E-state index in [1.165, 1.54) is 12.1 Å². The smallest absolute Gasteiger partial charge is 0.238 e. The largest absolute Gasteiger partial charge is 0.464 e. The maximum absolute atomic E-state index is 11.3. The van der Waals surface area contributed by atoms with E-state index in [-0.39, 0.29) is 11.1 Å². The number of hydrogen-bond acceptors (Lipinski definition) is 5.